The molecule has 1 aliphatic carbocycles. The number of carbonyl (C=O) groups is 2. The van der Waals surface area contributed by atoms with E-state index in [9.17, 15) is 22.8 Å². The summed E-state index contributed by atoms with van der Waals surface area (Å²) in [6.45, 7) is 1.03. The fourth-order valence-corrected chi connectivity index (χ4v) is 1.34. The fraction of sp³-hybridized carbons (Fsp3) is 0.750. The molecular weight excluding hydrogens is 185 g/mol. The largest absolute Gasteiger partial charge is 0.450 e. The van der Waals surface area contributed by atoms with Crippen LogP contribution in [0.3, 0.4) is 0 Å². The third-order valence-corrected chi connectivity index (χ3v) is 2.09. The fourth-order valence-electron chi connectivity index (χ4n) is 1.34. The van der Waals surface area contributed by atoms with Crippen LogP contribution in [0.4, 0.5) is 13.2 Å². The first-order chi connectivity index (χ1) is 5.84. The molecule has 0 aromatic heterocycles. The molecule has 2 nitrogen and oxygen atoms in total. The minimum atomic E-state index is -4.88. The number of hydrogen-bond donors (Lipinski definition) is 0. The lowest BCUT2D eigenvalue weighted by atomic mass is 9.94. The van der Waals surface area contributed by atoms with Gasteiger partial charge in [0.15, 0.2) is 0 Å². The predicted molar refractivity (Wildman–Crippen MR) is 38.0 cm³/mol. The molecule has 0 aliphatic heterocycles. The van der Waals surface area contributed by atoms with Gasteiger partial charge in [-0.2, -0.15) is 13.2 Å². The van der Waals surface area contributed by atoms with Gasteiger partial charge in [0.25, 0.3) is 0 Å². The maximum absolute atomic E-state index is 11.9. The minimum Gasteiger partial charge on any atom is -0.299 e. The van der Waals surface area contributed by atoms with E-state index >= 15 is 0 Å². The summed E-state index contributed by atoms with van der Waals surface area (Å²) in [5.41, 5.74) is 0. The van der Waals surface area contributed by atoms with E-state index in [0.29, 0.717) is 12.8 Å². The van der Waals surface area contributed by atoms with Gasteiger partial charge in [-0.25, -0.2) is 0 Å². The van der Waals surface area contributed by atoms with Crippen molar-refractivity contribution in [1.29, 1.82) is 0 Å². The Labute approximate surface area is 73.1 Å². The lowest BCUT2D eigenvalue weighted by molar-refractivity contribution is -0.177. The van der Waals surface area contributed by atoms with Crippen molar-refractivity contribution in [3.8, 4) is 0 Å². The lowest BCUT2D eigenvalue weighted by Crippen LogP contribution is -2.35. The van der Waals surface area contributed by atoms with Gasteiger partial charge >= 0.3 is 6.18 Å². The van der Waals surface area contributed by atoms with Crippen molar-refractivity contribution >= 4 is 11.6 Å². The summed E-state index contributed by atoms with van der Waals surface area (Å²) in [5, 5.41) is 0. The van der Waals surface area contributed by atoms with Gasteiger partial charge in [0, 0.05) is 0 Å². The molecule has 1 unspecified atom stereocenters. The number of alkyl halides is 3. The Kier molecular flexibility index (Phi) is 2.45. The standard InChI is InChI=1S/C8H9F3O2/c1-4(12)6(5-2-3-5)7(13)8(9,10)11/h5-6H,2-3H2,1H3. The summed E-state index contributed by atoms with van der Waals surface area (Å²) < 4.78 is 35.8. The van der Waals surface area contributed by atoms with Crippen LogP contribution >= 0.6 is 0 Å². The second-order valence-corrected chi connectivity index (χ2v) is 3.29. The van der Waals surface area contributed by atoms with E-state index in [4.69, 9.17) is 0 Å². The number of carbonyl (C=O) groups excluding carboxylic acids is 2. The Morgan fingerprint density at radius 3 is 2.00 bits per heavy atom. The maximum atomic E-state index is 11.9. The zero-order valence-corrected chi connectivity index (χ0v) is 7.02. The summed E-state index contributed by atoms with van der Waals surface area (Å²) in [4.78, 5) is 21.5. The third kappa shape index (κ3) is 2.29. The van der Waals surface area contributed by atoms with Crippen LogP contribution in [0.2, 0.25) is 0 Å². The molecule has 0 amide bonds. The van der Waals surface area contributed by atoms with Gasteiger partial charge in [-0.05, 0) is 25.7 Å². The van der Waals surface area contributed by atoms with Gasteiger partial charge in [0.2, 0.25) is 5.78 Å². The molecule has 5 heteroatoms. The molecule has 1 rings (SSSR count). The zero-order chi connectivity index (χ0) is 10.2. The first-order valence-corrected chi connectivity index (χ1v) is 3.95. The molecule has 1 aliphatic rings. The molecule has 0 aromatic rings. The van der Waals surface area contributed by atoms with E-state index in [2.05, 4.69) is 0 Å². The Morgan fingerprint density at radius 2 is 1.77 bits per heavy atom. The Balaban J connectivity index is 2.76. The SMILES string of the molecule is CC(=O)C(C(=O)C(F)(F)F)C1CC1. The van der Waals surface area contributed by atoms with Gasteiger partial charge in [0.1, 0.15) is 5.78 Å². The average molecular weight is 194 g/mol. The van der Waals surface area contributed by atoms with Crippen molar-refractivity contribution in [2.45, 2.75) is 25.9 Å². The second-order valence-electron chi connectivity index (χ2n) is 3.29. The molecule has 0 radical (unpaired) electrons. The highest BCUT2D eigenvalue weighted by Gasteiger charge is 2.50. The highest BCUT2D eigenvalue weighted by molar-refractivity contribution is 6.04. The normalized spacial score (nSPS) is 19.7. The van der Waals surface area contributed by atoms with Crippen molar-refractivity contribution in [1.82, 2.24) is 0 Å². The number of halogens is 3. The predicted octanol–water partition coefficient (Wildman–Crippen LogP) is 1.73. The van der Waals surface area contributed by atoms with Crippen molar-refractivity contribution in [2.24, 2.45) is 11.8 Å². The summed E-state index contributed by atoms with van der Waals surface area (Å²) in [6, 6.07) is 0. The van der Waals surface area contributed by atoms with E-state index in [1.807, 2.05) is 0 Å². The summed E-state index contributed by atoms with van der Waals surface area (Å²) in [5.74, 6) is -4.38. The van der Waals surface area contributed by atoms with Crippen LogP contribution < -0.4 is 0 Å². The zero-order valence-electron chi connectivity index (χ0n) is 7.02. The van der Waals surface area contributed by atoms with E-state index in [-0.39, 0.29) is 5.92 Å². The number of Topliss-reactive ketones (excluding diaryl/α,β-unsaturated/α-hetero) is 2. The van der Waals surface area contributed by atoms with Crippen molar-refractivity contribution in [3.63, 3.8) is 0 Å². The van der Waals surface area contributed by atoms with Gasteiger partial charge in [-0.15, -0.1) is 0 Å². The van der Waals surface area contributed by atoms with Crippen LogP contribution in [0, 0.1) is 11.8 Å². The Hall–Kier alpha value is -0.870. The summed E-state index contributed by atoms with van der Waals surface area (Å²) >= 11 is 0. The molecule has 0 saturated heterocycles. The number of ketones is 2. The highest BCUT2D eigenvalue weighted by atomic mass is 19.4. The first-order valence-electron chi connectivity index (χ1n) is 3.95. The molecule has 0 spiro atoms. The lowest BCUT2D eigenvalue weighted by Gasteiger charge is -2.13. The van der Waals surface area contributed by atoms with Gasteiger partial charge in [0.05, 0.1) is 5.92 Å². The van der Waals surface area contributed by atoms with Crippen LogP contribution in [0.5, 0.6) is 0 Å². The van der Waals surface area contributed by atoms with Crippen molar-refractivity contribution in [2.75, 3.05) is 0 Å². The van der Waals surface area contributed by atoms with Gasteiger partial charge in [-0.1, -0.05) is 0 Å². The van der Waals surface area contributed by atoms with Crippen molar-refractivity contribution in [3.05, 3.63) is 0 Å². The molecule has 13 heavy (non-hydrogen) atoms. The van der Waals surface area contributed by atoms with Crippen LogP contribution in [-0.2, 0) is 9.59 Å². The molecule has 0 aromatic carbocycles. The summed E-state index contributed by atoms with van der Waals surface area (Å²) in [7, 11) is 0. The molecule has 0 N–H and O–H groups in total. The van der Waals surface area contributed by atoms with Crippen LogP contribution in [0.1, 0.15) is 19.8 Å². The Morgan fingerprint density at radius 1 is 1.31 bits per heavy atom. The monoisotopic (exact) mass is 194 g/mol. The van der Waals surface area contributed by atoms with E-state index in [1.165, 1.54) is 0 Å². The maximum Gasteiger partial charge on any atom is 0.450 e. The Bertz CT molecular complexity index is 240. The highest BCUT2D eigenvalue weighted by Crippen LogP contribution is 2.40. The minimum absolute atomic E-state index is 0.369. The molecule has 0 bridgehead atoms. The van der Waals surface area contributed by atoms with E-state index in [0.717, 1.165) is 6.92 Å². The first kappa shape index (κ1) is 10.2. The molecule has 0 heterocycles. The summed E-state index contributed by atoms with van der Waals surface area (Å²) in [6.07, 6.45) is -3.78. The van der Waals surface area contributed by atoms with Crippen LogP contribution in [0.15, 0.2) is 0 Å². The molecular formula is C8H9F3O2. The van der Waals surface area contributed by atoms with Gasteiger partial charge < -0.3 is 0 Å². The van der Waals surface area contributed by atoms with Crippen molar-refractivity contribution < 1.29 is 22.8 Å². The van der Waals surface area contributed by atoms with Crippen LogP contribution in [-0.4, -0.2) is 17.7 Å². The average Bonchev–Trinajstić information content (AvgIpc) is 2.68. The number of hydrogen-bond acceptors (Lipinski definition) is 2. The molecule has 74 valence electrons. The van der Waals surface area contributed by atoms with Crippen LogP contribution in [0.25, 0.3) is 0 Å². The number of rotatable bonds is 3. The smallest absolute Gasteiger partial charge is 0.299 e. The molecule has 1 atom stereocenters. The molecule has 1 fully saturated rings. The van der Waals surface area contributed by atoms with Gasteiger partial charge in [-0.3, -0.25) is 9.59 Å². The van der Waals surface area contributed by atoms with E-state index < -0.39 is 23.7 Å². The topological polar surface area (TPSA) is 34.1 Å². The quantitative estimate of drug-likeness (QED) is 0.641. The third-order valence-electron chi connectivity index (χ3n) is 2.09. The second kappa shape index (κ2) is 3.12. The van der Waals surface area contributed by atoms with E-state index in [1.54, 1.807) is 0 Å². The molecule has 1 saturated carbocycles.